The molecule has 2 atom stereocenters. The van der Waals surface area contributed by atoms with E-state index in [4.69, 9.17) is 21.7 Å². The average molecular weight is 366 g/mol. The highest BCUT2D eigenvalue weighted by molar-refractivity contribution is 6.12. The standard InChI is InChI=1S/C19H26N8/c1-5-27-18(16(21)6-11(2)19(22)24-12(3)20)8-17(25-27)15-7-14(15)13-9-23-26(4)10-13/h6,8-10,14-15,21H,5,7H2,1-4H3,(H3,20,22,24)/b11-6-,21-16?. The summed E-state index contributed by atoms with van der Waals surface area (Å²) in [5, 5.41) is 25.3. The molecule has 2 heterocycles. The Bertz CT molecular complexity index is 939. The van der Waals surface area contributed by atoms with Crippen molar-refractivity contribution in [2.24, 2.45) is 17.8 Å². The van der Waals surface area contributed by atoms with Gasteiger partial charge in [0.1, 0.15) is 5.84 Å². The molecule has 1 aliphatic carbocycles. The zero-order valence-electron chi connectivity index (χ0n) is 16.2. The van der Waals surface area contributed by atoms with E-state index < -0.39 is 0 Å². The monoisotopic (exact) mass is 366 g/mol. The number of aryl methyl sites for hydroxylation is 2. The minimum absolute atomic E-state index is 0.0707. The summed E-state index contributed by atoms with van der Waals surface area (Å²) in [4.78, 5) is 3.94. The zero-order chi connectivity index (χ0) is 19.7. The second-order valence-corrected chi connectivity index (χ2v) is 7.01. The highest BCUT2D eigenvalue weighted by Crippen LogP contribution is 2.54. The molecule has 8 nitrogen and oxygen atoms in total. The molecule has 0 aliphatic heterocycles. The van der Waals surface area contributed by atoms with Crippen LogP contribution in [0.25, 0.3) is 0 Å². The van der Waals surface area contributed by atoms with Gasteiger partial charge in [-0.1, -0.05) is 0 Å². The van der Waals surface area contributed by atoms with Crippen LogP contribution in [0.1, 0.15) is 56.0 Å². The van der Waals surface area contributed by atoms with Gasteiger partial charge >= 0.3 is 0 Å². The van der Waals surface area contributed by atoms with Crippen LogP contribution in [0.2, 0.25) is 0 Å². The van der Waals surface area contributed by atoms with Gasteiger partial charge < -0.3 is 5.73 Å². The van der Waals surface area contributed by atoms with Gasteiger partial charge in [0.25, 0.3) is 0 Å². The summed E-state index contributed by atoms with van der Waals surface area (Å²) in [7, 11) is 1.93. The zero-order valence-corrected chi connectivity index (χ0v) is 16.2. The third kappa shape index (κ3) is 4.05. The molecule has 0 saturated heterocycles. The Hall–Kier alpha value is -3.03. The Morgan fingerprint density at radius 1 is 1.37 bits per heavy atom. The molecule has 1 fully saturated rings. The van der Waals surface area contributed by atoms with Gasteiger partial charge in [0.15, 0.2) is 0 Å². The fraction of sp³-hybridized carbons (Fsp3) is 0.421. The Morgan fingerprint density at radius 3 is 2.70 bits per heavy atom. The van der Waals surface area contributed by atoms with Gasteiger partial charge in [0.05, 0.1) is 29.1 Å². The first kappa shape index (κ1) is 18.8. The fourth-order valence-corrected chi connectivity index (χ4v) is 3.22. The van der Waals surface area contributed by atoms with Crippen molar-refractivity contribution in [3.05, 3.63) is 47.1 Å². The highest BCUT2D eigenvalue weighted by Gasteiger charge is 2.42. The van der Waals surface area contributed by atoms with Gasteiger partial charge in [-0.05, 0) is 56.4 Å². The summed E-state index contributed by atoms with van der Waals surface area (Å²) < 4.78 is 3.67. The van der Waals surface area contributed by atoms with E-state index >= 15 is 0 Å². The molecular formula is C19H26N8. The molecular weight excluding hydrogens is 340 g/mol. The summed E-state index contributed by atoms with van der Waals surface area (Å²) in [5.74, 6) is 1.23. The van der Waals surface area contributed by atoms with E-state index in [9.17, 15) is 0 Å². The van der Waals surface area contributed by atoms with Crippen molar-refractivity contribution in [3.63, 3.8) is 0 Å². The van der Waals surface area contributed by atoms with Gasteiger partial charge in [0, 0.05) is 25.7 Å². The van der Waals surface area contributed by atoms with Crippen LogP contribution in [0.3, 0.4) is 0 Å². The van der Waals surface area contributed by atoms with Crippen LogP contribution >= 0.6 is 0 Å². The summed E-state index contributed by atoms with van der Waals surface area (Å²) in [6.45, 7) is 6.10. The Kier molecular flexibility index (Phi) is 5.07. The predicted octanol–water partition coefficient (Wildman–Crippen LogP) is 2.58. The largest absolute Gasteiger partial charge is 0.387 e. The molecule has 0 radical (unpaired) electrons. The molecule has 142 valence electrons. The van der Waals surface area contributed by atoms with Crippen molar-refractivity contribution in [1.82, 2.24) is 19.6 Å². The number of aliphatic imine (C=N–C) groups is 1. The van der Waals surface area contributed by atoms with E-state index in [0.29, 0.717) is 35.5 Å². The Morgan fingerprint density at radius 2 is 2.11 bits per heavy atom. The number of amidine groups is 2. The first-order valence-electron chi connectivity index (χ1n) is 9.03. The van der Waals surface area contributed by atoms with E-state index in [1.54, 1.807) is 19.9 Å². The van der Waals surface area contributed by atoms with Crippen molar-refractivity contribution in [3.8, 4) is 0 Å². The summed E-state index contributed by atoms with van der Waals surface area (Å²) >= 11 is 0. The predicted molar refractivity (Wildman–Crippen MR) is 107 cm³/mol. The quantitative estimate of drug-likeness (QED) is 0.538. The lowest BCUT2D eigenvalue weighted by molar-refractivity contribution is 0.641. The molecule has 27 heavy (non-hydrogen) atoms. The Balaban J connectivity index is 1.80. The third-order valence-electron chi connectivity index (χ3n) is 4.72. The topological polar surface area (TPSA) is 122 Å². The fourth-order valence-electron chi connectivity index (χ4n) is 3.22. The van der Waals surface area contributed by atoms with Crippen molar-refractivity contribution < 1.29 is 0 Å². The summed E-state index contributed by atoms with van der Waals surface area (Å²) in [6.07, 6.45) is 6.68. The first-order valence-corrected chi connectivity index (χ1v) is 9.03. The van der Waals surface area contributed by atoms with Crippen molar-refractivity contribution >= 4 is 17.4 Å². The van der Waals surface area contributed by atoms with E-state index in [1.165, 1.54) is 5.56 Å². The van der Waals surface area contributed by atoms with Crippen LogP contribution in [0, 0.1) is 10.8 Å². The average Bonchev–Trinajstić information content (AvgIpc) is 3.08. The Labute approximate surface area is 158 Å². The molecule has 2 aromatic rings. The van der Waals surface area contributed by atoms with Crippen LogP contribution in [0.5, 0.6) is 0 Å². The highest BCUT2D eigenvalue weighted by atomic mass is 15.3. The molecule has 0 amide bonds. The third-order valence-corrected chi connectivity index (χ3v) is 4.72. The molecule has 4 N–H and O–H groups in total. The molecule has 2 unspecified atom stereocenters. The van der Waals surface area contributed by atoms with Crippen LogP contribution in [-0.2, 0) is 13.6 Å². The van der Waals surface area contributed by atoms with Gasteiger partial charge in [-0.2, -0.15) is 10.2 Å². The van der Waals surface area contributed by atoms with Gasteiger partial charge in [-0.25, -0.2) is 4.99 Å². The number of aromatic nitrogens is 4. The smallest absolute Gasteiger partial charge is 0.149 e. The lowest BCUT2D eigenvalue weighted by Crippen LogP contribution is -2.11. The molecule has 1 saturated carbocycles. The van der Waals surface area contributed by atoms with Crippen molar-refractivity contribution in [2.45, 2.75) is 45.6 Å². The molecule has 2 aromatic heterocycles. The minimum atomic E-state index is 0.0707. The van der Waals surface area contributed by atoms with Gasteiger partial charge in [0.2, 0.25) is 0 Å². The minimum Gasteiger partial charge on any atom is -0.387 e. The SMILES string of the molecule is CCn1nc(C2CC2c2cnn(C)c2)cc1C(=N)/C=C(/C)C(=N)N=C(C)N. The maximum atomic E-state index is 8.45. The second-order valence-electron chi connectivity index (χ2n) is 7.01. The maximum Gasteiger partial charge on any atom is 0.149 e. The maximum absolute atomic E-state index is 8.45. The van der Waals surface area contributed by atoms with Crippen LogP contribution in [-0.4, -0.2) is 36.9 Å². The first-order chi connectivity index (χ1) is 12.8. The molecule has 3 rings (SSSR count). The van der Waals surface area contributed by atoms with E-state index in [-0.39, 0.29) is 5.84 Å². The van der Waals surface area contributed by atoms with Crippen molar-refractivity contribution in [2.75, 3.05) is 0 Å². The molecule has 8 heteroatoms. The number of hydrogen-bond donors (Lipinski definition) is 3. The lowest BCUT2D eigenvalue weighted by Gasteiger charge is -2.04. The number of nitrogens with zero attached hydrogens (tertiary/aromatic N) is 5. The summed E-state index contributed by atoms with van der Waals surface area (Å²) in [6, 6.07) is 2.00. The number of nitrogens with two attached hydrogens (primary N) is 1. The number of allylic oxidation sites excluding steroid dienone is 1. The normalized spacial score (nSPS) is 20.0. The molecule has 0 aromatic carbocycles. The second kappa shape index (κ2) is 7.30. The van der Waals surface area contributed by atoms with Gasteiger partial charge in [-0.15, -0.1) is 0 Å². The van der Waals surface area contributed by atoms with Gasteiger partial charge in [-0.3, -0.25) is 20.2 Å². The molecule has 0 bridgehead atoms. The lowest BCUT2D eigenvalue weighted by atomic mass is 10.1. The number of rotatable bonds is 6. The molecule has 0 spiro atoms. The molecule has 1 aliphatic rings. The number of nitrogens with one attached hydrogen (secondary N) is 2. The summed E-state index contributed by atoms with van der Waals surface area (Å²) in [5.41, 5.74) is 9.46. The van der Waals surface area contributed by atoms with E-state index in [0.717, 1.165) is 17.8 Å². The van der Waals surface area contributed by atoms with Crippen LogP contribution < -0.4 is 5.73 Å². The van der Waals surface area contributed by atoms with Crippen molar-refractivity contribution in [1.29, 1.82) is 10.8 Å². The number of hydrogen-bond acceptors (Lipinski definition) is 4. The van der Waals surface area contributed by atoms with Crippen LogP contribution in [0.15, 0.2) is 35.1 Å². The van der Waals surface area contributed by atoms with E-state index in [1.807, 2.05) is 35.6 Å². The van der Waals surface area contributed by atoms with Crippen LogP contribution in [0.4, 0.5) is 0 Å². The van der Waals surface area contributed by atoms with E-state index in [2.05, 4.69) is 16.3 Å².